The third-order valence-corrected chi connectivity index (χ3v) is 3.89. The maximum Gasteiger partial charge on any atom is 0.0674 e. The second-order valence-corrected chi connectivity index (χ2v) is 5.51. The summed E-state index contributed by atoms with van der Waals surface area (Å²) in [7, 11) is 1.93. The van der Waals surface area contributed by atoms with E-state index in [-0.39, 0.29) is 0 Å². The van der Waals surface area contributed by atoms with Crippen LogP contribution in [0.4, 0.5) is 0 Å². The Morgan fingerprint density at radius 2 is 2.05 bits per heavy atom. The predicted octanol–water partition coefficient (Wildman–Crippen LogP) is 3.95. The van der Waals surface area contributed by atoms with Gasteiger partial charge in [-0.3, -0.25) is 4.68 Å². The molecule has 0 aliphatic carbocycles. The maximum atomic E-state index is 6.24. The van der Waals surface area contributed by atoms with Crippen LogP contribution in [0.5, 0.6) is 0 Å². The van der Waals surface area contributed by atoms with Crippen LogP contribution in [0.2, 0.25) is 5.02 Å². The van der Waals surface area contributed by atoms with E-state index in [4.69, 9.17) is 11.6 Å². The summed E-state index contributed by atoms with van der Waals surface area (Å²) in [5.74, 6) is 0. The third-order valence-electron chi connectivity index (χ3n) is 3.52. The molecule has 1 aromatic heterocycles. The zero-order chi connectivity index (χ0) is 14.7. The number of hydrogen-bond donors (Lipinski definition) is 1. The fourth-order valence-electron chi connectivity index (χ4n) is 2.60. The quantitative estimate of drug-likeness (QED) is 0.904. The largest absolute Gasteiger partial charge is 0.316 e. The molecule has 3 nitrogen and oxygen atoms in total. The lowest BCUT2D eigenvalue weighted by atomic mass is 10.0. The van der Waals surface area contributed by atoms with E-state index in [1.54, 1.807) is 0 Å². The van der Waals surface area contributed by atoms with Crippen LogP contribution in [-0.4, -0.2) is 16.8 Å². The predicted molar refractivity (Wildman–Crippen MR) is 85.2 cm³/mol. The number of hydrogen-bond acceptors (Lipinski definition) is 2. The summed E-state index contributed by atoms with van der Waals surface area (Å²) < 4.78 is 2.09. The van der Waals surface area contributed by atoms with Gasteiger partial charge in [0.2, 0.25) is 0 Å². The lowest BCUT2D eigenvalue weighted by Gasteiger charge is -2.08. The molecule has 0 saturated carbocycles. The summed E-state index contributed by atoms with van der Waals surface area (Å²) in [4.78, 5) is 0. The van der Waals surface area contributed by atoms with Crippen molar-refractivity contribution in [2.75, 3.05) is 7.05 Å². The van der Waals surface area contributed by atoms with Crippen molar-refractivity contribution in [3.63, 3.8) is 0 Å². The van der Waals surface area contributed by atoms with Crippen LogP contribution < -0.4 is 5.32 Å². The molecule has 0 radical (unpaired) electrons. The van der Waals surface area contributed by atoms with Gasteiger partial charge in [-0.2, -0.15) is 5.10 Å². The highest BCUT2D eigenvalue weighted by atomic mass is 35.5. The molecule has 0 bridgehead atoms. The first-order valence-corrected chi connectivity index (χ1v) is 7.43. The molecule has 108 valence electrons. The van der Waals surface area contributed by atoms with E-state index in [0.717, 1.165) is 35.8 Å². The average molecular weight is 292 g/mol. The summed E-state index contributed by atoms with van der Waals surface area (Å²) in [6.45, 7) is 8.11. The monoisotopic (exact) mass is 291 g/mol. The zero-order valence-electron chi connectivity index (χ0n) is 12.6. The topological polar surface area (TPSA) is 29.9 Å². The van der Waals surface area contributed by atoms with Crippen LogP contribution in [-0.2, 0) is 13.1 Å². The Labute approximate surface area is 126 Å². The number of nitrogens with zero attached hydrogens (tertiary/aromatic N) is 2. The molecule has 0 aliphatic heterocycles. The Morgan fingerprint density at radius 3 is 2.70 bits per heavy atom. The van der Waals surface area contributed by atoms with E-state index in [0.29, 0.717) is 0 Å². The van der Waals surface area contributed by atoms with Crippen molar-refractivity contribution in [1.29, 1.82) is 0 Å². The van der Waals surface area contributed by atoms with Crippen LogP contribution in [0.25, 0.3) is 11.1 Å². The fraction of sp³-hybridized carbons (Fsp3) is 0.438. The van der Waals surface area contributed by atoms with Crippen molar-refractivity contribution < 1.29 is 0 Å². The van der Waals surface area contributed by atoms with Gasteiger partial charge in [0, 0.05) is 29.4 Å². The van der Waals surface area contributed by atoms with E-state index < -0.39 is 0 Å². The molecule has 0 amide bonds. The lowest BCUT2D eigenvalue weighted by Crippen LogP contribution is -2.05. The summed E-state index contributed by atoms with van der Waals surface area (Å²) in [6.07, 6.45) is 1.09. The van der Waals surface area contributed by atoms with Gasteiger partial charge in [0.1, 0.15) is 0 Å². The number of rotatable bonds is 5. The maximum absolute atomic E-state index is 6.24. The Hall–Kier alpha value is -1.32. The molecule has 1 aromatic carbocycles. The van der Waals surface area contributed by atoms with E-state index in [1.165, 1.54) is 16.8 Å². The van der Waals surface area contributed by atoms with Crippen molar-refractivity contribution in [3.05, 3.63) is 40.2 Å². The molecule has 0 saturated heterocycles. The fourth-order valence-corrected chi connectivity index (χ4v) is 2.78. The first-order valence-electron chi connectivity index (χ1n) is 7.05. The van der Waals surface area contributed by atoms with Gasteiger partial charge in [-0.25, -0.2) is 0 Å². The molecule has 20 heavy (non-hydrogen) atoms. The molecule has 1 N–H and O–H groups in total. The van der Waals surface area contributed by atoms with Crippen molar-refractivity contribution in [1.82, 2.24) is 15.1 Å². The highest BCUT2D eigenvalue weighted by Crippen LogP contribution is 2.30. The first-order chi connectivity index (χ1) is 9.58. The van der Waals surface area contributed by atoms with E-state index in [9.17, 15) is 0 Å². The molecule has 0 atom stereocenters. The molecule has 2 rings (SSSR count). The molecule has 0 unspecified atom stereocenters. The minimum atomic E-state index is 0.772. The summed E-state index contributed by atoms with van der Waals surface area (Å²) in [5, 5.41) is 8.60. The lowest BCUT2D eigenvalue weighted by molar-refractivity contribution is 0.583. The van der Waals surface area contributed by atoms with Gasteiger partial charge in [-0.1, -0.05) is 24.6 Å². The van der Waals surface area contributed by atoms with Gasteiger partial charge in [-0.05, 0) is 50.6 Å². The Bertz CT molecular complexity index is 602. The van der Waals surface area contributed by atoms with E-state index in [1.807, 2.05) is 13.1 Å². The average Bonchev–Trinajstić information content (AvgIpc) is 2.68. The Balaban J connectivity index is 2.48. The van der Waals surface area contributed by atoms with Crippen LogP contribution in [0, 0.1) is 13.8 Å². The molecule has 0 spiro atoms. The second kappa shape index (κ2) is 6.42. The van der Waals surface area contributed by atoms with Gasteiger partial charge in [0.05, 0.1) is 5.69 Å². The number of aromatic nitrogens is 2. The van der Waals surface area contributed by atoms with Crippen molar-refractivity contribution in [2.24, 2.45) is 0 Å². The Kier molecular flexibility index (Phi) is 4.84. The SMILES string of the molecule is CCCn1nc(C)c(-c2ccc(Cl)c(CNC)c2)c1C. The van der Waals surface area contributed by atoms with Gasteiger partial charge < -0.3 is 5.32 Å². The van der Waals surface area contributed by atoms with E-state index >= 15 is 0 Å². The van der Waals surface area contributed by atoms with Gasteiger partial charge in [0.25, 0.3) is 0 Å². The number of aryl methyl sites for hydroxylation is 2. The number of benzene rings is 1. The standard InChI is InChI=1S/C16H22ClN3/c1-5-8-20-12(3)16(11(2)19-20)13-6-7-15(17)14(9-13)10-18-4/h6-7,9,18H,5,8,10H2,1-4H3. The smallest absolute Gasteiger partial charge is 0.0674 e. The van der Waals surface area contributed by atoms with Crippen molar-refractivity contribution >= 4 is 11.6 Å². The highest BCUT2D eigenvalue weighted by molar-refractivity contribution is 6.31. The number of nitrogens with one attached hydrogen (secondary N) is 1. The molecule has 2 aromatic rings. The van der Waals surface area contributed by atoms with Crippen LogP contribution in [0.1, 0.15) is 30.3 Å². The second-order valence-electron chi connectivity index (χ2n) is 5.11. The van der Waals surface area contributed by atoms with Crippen molar-refractivity contribution in [2.45, 2.75) is 40.3 Å². The zero-order valence-corrected chi connectivity index (χ0v) is 13.4. The first kappa shape index (κ1) is 15.1. The molecule has 4 heteroatoms. The van der Waals surface area contributed by atoms with Crippen LogP contribution in [0.15, 0.2) is 18.2 Å². The summed E-state index contributed by atoms with van der Waals surface area (Å²) in [6, 6.07) is 6.21. The minimum Gasteiger partial charge on any atom is -0.316 e. The molecule has 0 fully saturated rings. The normalized spacial score (nSPS) is 11.1. The van der Waals surface area contributed by atoms with Gasteiger partial charge in [-0.15, -0.1) is 0 Å². The van der Waals surface area contributed by atoms with Gasteiger partial charge in [0.15, 0.2) is 0 Å². The van der Waals surface area contributed by atoms with Crippen LogP contribution >= 0.6 is 11.6 Å². The highest BCUT2D eigenvalue weighted by Gasteiger charge is 2.14. The summed E-state index contributed by atoms with van der Waals surface area (Å²) in [5.41, 5.74) is 5.84. The molecular formula is C16H22ClN3. The Morgan fingerprint density at radius 1 is 1.30 bits per heavy atom. The van der Waals surface area contributed by atoms with E-state index in [2.05, 4.69) is 48.0 Å². The van der Waals surface area contributed by atoms with Crippen molar-refractivity contribution in [3.8, 4) is 11.1 Å². The molecule has 0 aliphatic rings. The van der Waals surface area contributed by atoms with Gasteiger partial charge >= 0.3 is 0 Å². The molecule has 1 heterocycles. The van der Waals surface area contributed by atoms with Crippen LogP contribution in [0.3, 0.4) is 0 Å². The number of halogens is 1. The summed E-state index contributed by atoms with van der Waals surface area (Å²) >= 11 is 6.24. The third kappa shape index (κ3) is 2.89. The minimum absolute atomic E-state index is 0.772. The molecular weight excluding hydrogens is 270 g/mol.